The van der Waals surface area contributed by atoms with E-state index in [-0.39, 0.29) is 29.5 Å². The van der Waals surface area contributed by atoms with E-state index >= 15 is 0 Å². The van der Waals surface area contributed by atoms with E-state index in [4.69, 9.17) is 16.0 Å². The molecule has 2 aromatic heterocycles. The van der Waals surface area contributed by atoms with Crippen LogP contribution in [0.15, 0.2) is 53.1 Å². The number of alkyl halides is 3. The maximum absolute atomic E-state index is 13.8. The van der Waals surface area contributed by atoms with E-state index < -0.39 is 24.2 Å². The van der Waals surface area contributed by atoms with Crippen LogP contribution >= 0.6 is 11.6 Å². The molecule has 30 heavy (non-hydrogen) atoms. The quantitative estimate of drug-likeness (QED) is 0.618. The van der Waals surface area contributed by atoms with Crippen molar-refractivity contribution in [3.8, 4) is 0 Å². The summed E-state index contributed by atoms with van der Waals surface area (Å²) >= 11 is 6.34. The van der Waals surface area contributed by atoms with Crippen LogP contribution in [0.5, 0.6) is 0 Å². The SMILES string of the molecule is CN(Cc1ccccc1)C(=O)c1nn2c(c1Cl)N[C@@H](c1ccco1)C[C@H]2C(F)(F)F. The number of nitrogens with one attached hydrogen (secondary N) is 1. The van der Waals surface area contributed by atoms with E-state index in [1.807, 2.05) is 30.3 Å². The minimum atomic E-state index is -4.58. The summed E-state index contributed by atoms with van der Waals surface area (Å²) in [7, 11) is 1.55. The summed E-state index contributed by atoms with van der Waals surface area (Å²) < 4.78 is 47.3. The number of furan rings is 1. The lowest BCUT2D eigenvalue weighted by Crippen LogP contribution is -2.35. The average Bonchev–Trinajstić information content (AvgIpc) is 3.35. The molecular formula is C20H18ClF3N4O2. The van der Waals surface area contributed by atoms with Crippen molar-refractivity contribution >= 4 is 23.3 Å². The van der Waals surface area contributed by atoms with Crippen molar-refractivity contribution in [1.29, 1.82) is 0 Å². The summed E-state index contributed by atoms with van der Waals surface area (Å²) in [6, 6.07) is 9.71. The van der Waals surface area contributed by atoms with Crippen molar-refractivity contribution in [2.24, 2.45) is 0 Å². The number of benzene rings is 1. The first kappa shape index (κ1) is 20.3. The van der Waals surface area contributed by atoms with Crippen LogP contribution in [0.3, 0.4) is 0 Å². The number of hydrogen-bond acceptors (Lipinski definition) is 4. The zero-order valence-corrected chi connectivity index (χ0v) is 16.6. The Morgan fingerprint density at radius 3 is 2.67 bits per heavy atom. The van der Waals surface area contributed by atoms with E-state index in [2.05, 4.69) is 10.4 Å². The van der Waals surface area contributed by atoms with Gasteiger partial charge >= 0.3 is 6.18 Å². The Kier molecular flexibility index (Phi) is 5.23. The van der Waals surface area contributed by atoms with E-state index in [1.165, 1.54) is 11.2 Å². The molecule has 2 atom stereocenters. The molecule has 0 aliphatic carbocycles. The summed E-state index contributed by atoms with van der Waals surface area (Å²) in [5.41, 5.74) is 0.643. The van der Waals surface area contributed by atoms with Gasteiger partial charge in [-0.15, -0.1) is 0 Å². The molecule has 1 amide bonds. The highest BCUT2D eigenvalue weighted by molar-refractivity contribution is 6.36. The van der Waals surface area contributed by atoms with Gasteiger partial charge in [0.05, 0.1) is 12.3 Å². The number of fused-ring (bicyclic) bond motifs is 1. The lowest BCUT2D eigenvalue weighted by Gasteiger charge is -2.32. The molecular weight excluding hydrogens is 421 g/mol. The minimum absolute atomic E-state index is 0.0527. The van der Waals surface area contributed by atoms with Gasteiger partial charge in [0.2, 0.25) is 0 Å². The second-order valence-electron chi connectivity index (χ2n) is 7.11. The van der Waals surface area contributed by atoms with Crippen molar-refractivity contribution in [3.63, 3.8) is 0 Å². The first-order chi connectivity index (χ1) is 14.3. The van der Waals surface area contributed by atoms with Crippen LogP contribution in [-0.4, -0.2) is 33.8 Å². The molecule has 0 spiro atoms. The first-order valence-electron chi connectivity index (χ1n) is 9.19. The van der Waals surface area contributed by atoms with Crippen LogP contribution in [0.2, 0.25) is 5.02 Å². The zero-order chi connectivity index (χ0) is 21.5. The van der Waals surface area contributed by atoms with Gasteiger partial charge < -0.3 is 14.6 Å². The fourth-order valence-corrected chi connectivity index (χ4v) is 3.77. The molecule has 1 aliphatic heterocycles. The molecule has 0 unspecified atom stereocenters. The smallest absolute Gasteiger partial charge is 0.410 e. The van der Waals surface area contributed by atoms with Gasteiger partial charge in [-0.1, -0.05) is 41.9 Å². The number of rotatable bonds is 4. The molecule has 3 heterocycles. The summed E-state index contributed by atoms with van der Waals surface area (Å²) in [6.07, 6.45) is -3.52. The molecule has 0 bridgehead atoms. The Bertz CT molecular complexity index is 1030. The highest BCUT2D eigenvalue weighted by atomic mass is 35.5. The fraction of sp³-hybridized carbons (Fsp3) is 0.300. The van der Waals surface area contributed by atoms with Gasteiger partial charge in [-0.25, -0.2) is 4.68 Å². The summed E-state index contributed by atoms with van der Waals surface area (Å²) in [6.45, 7) is 0.267. The van der Waals surface area contributed by atoms with Crippen LogP contribution in [0.4, 0.5) is 19.0 Å². The molecule has 0 fully saturated rings. The lowest BCUT2D eigenvalue weighted by atomic mass is 10.0. The van der Waals surface area contributed by atoms with Crippen molar-refractivity contribution in [3.05, 3.63) is 70.8 Å². The van der Waals surface area contributed by atoms with Crippen molar-refractivity contribution in [2.75, 3.05) is 12.4 Å². The Labute approximate surface area is 175 Å². The van der Waals surface area contributed by atoms with Crippen molar-refractivity contribution in [1.82, 2.24) is 14.7 Å². The van der Waals surface area contributed by atoms with Crippen LogP contribution in [0.25, 0.3) is 0 Å². The molecule has 3 aromatic rings. The summed E-state index contributed by atoms with van der Waals surface area (Å²) in [4.78, 5) is 14.3. The van der Waals surface area contributed by atoms with E-state index in [9.17, 15) is 18.0 Å². The van der Waals surface area contributed by atoms with E-state index in [0.29, 0.717) is 5.76 Å². The number of carbonyl (C=O) groups is 1. The number of anilines is 1. The van der Waals surface area contributed by atoms with Gasteiger partial charge in [0, 0.05) is 20.0 Å². The van der Waals surface area contributed by atoms with E-state index in [1.54, 1.807) is 19.2 Å². The molecule has 0 saturated carbocycles. The molecule has 1 aliphatic rings. The Hall–Kier alpha value is -2.94. The Morgan fingerprint density at radius 2 is 2.03 bits per heavy atom. The standard InChI is InChI=1S/C20H18ClF3N4O2/c1-27(11-12-6-3-2-4-7-12)19(29)17-16(21)18-25-13(14-8-5-9-30-14)10-15(20(22,23)24)28(18)26-17/h2-9,13,15,25H,10-11H2,1H3/t13-,15+/m1/s1. The Balaban J connectivity index is 1.67. The largest absolute Gasteiger partial charge is 0.467 e. The number of halogens is 4. The molecule has 10 heteroatoms. The monoisotopic (exact) mass is 438 g/mol. The Morgan fingerprint density at radius 1 is 1.30 bits per heavy atom. The highest BCUT2D eigenvalue weighted by Gasteiger charge is 2.48. The van der Waals surface area contributed by atoms with E-state index in [0.717, 1.165) is 10.2 Å². The normalized spacial score (nSPS) is 18.6. The summed E-state index contributed by atoms with van der Waals surface area (Å²) in [5.74, 6) is -0.270. The number of carbonyl (C=O) groups excluding carboxylic acids is 1. The highest BCUT2D eigenvalue weighted by Crippen LogP contribution is 2.46. The van der Waals surface area contributed by atoms with Gasteiger partial charge in [0.25, 0.3) is 5.91 Å². The third kappa shape index (κ3) is 3.77. The summed E-state index contributed by atoms with van der Waals surface area (Å²) in [5, 5.41) is 6.75. The second-order valence-corrected chi connectivity index (χ2v) is 7.49. The van der Waals surface area contributed by atoms with Crippen molar-refractivity contribution in [2.45, 2.75) is 31.2 Å². The van der Waals surface area contributed by atoms with Gasteiger partial charge in [-0.05, 0) is 17.7 Å². The number of amides is 1. The van der Waals surface area contributed by atoms with Gasteiger partial charge in [0.1, 0.15) is 16.6 Å². The van der Waals surface area contributed by atoms with Gasteiger partial charge in [-0.3, -0.25) is 4.79 Å². The van der Waals surface area contributed by atoms with Gasteiger partial charge in [-0.2, -0.15) is 18.3 Å². The maximum atomic E-state index is 13.8. The van der Waals surface area contributed by atoms with Crippen molar-refractivity contribution < 1.29 is 22.4 Å². The number of nitrogens with zero attached hydrogens (tertiary/aromatic N) is 3. The molecule has 158 valence electrons. The minimum Gasteiger partial charge on any atom is -0.467 e. The molecule has 0 saturated heterocycles. The lowest BCUT2D eigenvalue weighted by molar-refractivity contribution is -0.174. The predicted octanol–water partition coefficient (Wildman–Crippen LogP) is 5.06. The maximum Gasteiger partial charge on any atom is 0.410 e. The van der Waals surface area contributed by atoms with Crippen LogP contribution in [0.1, 0.15) is 40.3 Å². The second kappa shape index (κ2) is 7.71. The predicted molar refractivity (Wildman–Crippen MR) is 104 cm³/mol. The fourth-order valence-electron chi connectivity index (χ4n) is 3.51. The average molecular weight is 439 g/mol. The number of aromatic nitrogens is 2. The number of hydrogen-bond donors (Lipinski definition) is 1. The topological polar surface area (TPSA) is 63.3 Å². The molecule has 4 rings (SSSR count). The van der Waals surface area contributed by atoms with Crippen LogP contribution < -0.4 is 5.32 Å². The molecule has 1 N–H and O–H groups in total. The third-order valence-electron chi connectivity index (χ3n) is 4.99. The molecule has 6 nitrogen and oxygen atoms in total. The zero-order valence-electron chi connectivity index (χ0n) is 15.9. The van der Waals surface area contributed by atoms with Gasteiger partial charge in [0.15, 0.2) is 11.7 Å². The molecule has 1 aromatic carbocycles. The third-order valence-corrected chi connectivity index (χ3v) is 5.35. The first-order valence-corrected chi connectivity index (χ1v) is 9.57. The molecule has 0 radical (unpaired) electrons. The van der Waals surface area contributed by atoms with Crippen LogP contribution in [-0.2, 0) is 6.54 Å². The van der Waals surface area contributed by atoms with Crippen LogP contribution in [0, 0.1) is 0 Å².